The summed E-state index contributed by atoms with van der Waals surface area (Å²) in [5.74, 6) is -0.891. The third kappa shape index (κ3) is 6.01. The van der Waals surface area contributed by atoms with E-state index >= 15 is 0 Å². The third-order valence-electron chi connectivity index (χ3n) is 4.28. The van der Waals surface area contributed by atoms with Gasteiger partial charge >= 0.3 is 5.97 Å². The molecule has 0 aliphatic carbocycles. The first-order valence-corrected chi connectivity index (χ1v) is 10.6. The molecule has 2 aromatic carbocycles. The minimum absolute atomic E-state index is 0.0249. The number of ether oxygens (including phenoxy) is 3. The van der Waals surface area contributed by atoms with E-state index in [0.29, 0.717) is 17.7 Å². The molecule has 11 heteroatoms. The molecule has 2 rings (SSSR count). The first-order chi connectivity index (χ1) is 14.6. The van der Waals surface area contributed by atoms with Gasteiger partial charge in [0.25, 0.3) is 15.9 Å². The fraction of sp³-hybridized carbons (Fsp3) is 0.300. The van der Waals surface area contributed by atoms with E-state index in [2.05, 4.69) is 4.72 Å². The number of rotatable bonds is 11. The van der Waals surface area contributed by atoms with Crippen molar-refractivity contribution in [3.05, 3.63) is 41.5 Å². The molecule has 0 bridgehead atoms. The molecule has 0 spiro atoms. The van der Waals surface area contributed by atoms with Crippen LogP contribution in [-0.2, 0) is 14.8 Å². The monoisotopic (exact) mass is 452 g/mol. The summed E-state index contributed by atoms with van der Waals surface area (Å²) in [4.78, 5) is 22.3. The maximum atomic E-state index is 12.9. The van der Waals surface area contributed by atoms with Crippen molar-refractivity contribution < 1.29 is 37.3 Å². The number of hydrogen-bond donors (Lipinski definition) is 3. The van der Waals surface area contributed by atoms with Crippen molar-refractivity contribution in [3.63, 3.8) is 0 Å². The number of anilines is 1. The summed E-state index contributed by atoms with van der Waals surface area (Å²) in [6, 6.07) is 6.82. The molecular formula is C20H24N2O8S. The predicted molar refractivity (Wildman–Crippen MR) is 112 cm³/mol. The largest absolute Gasteiger partial charge is 0.493 e. The fourth-order valence-corrected chi connectivity index (χ4v) is 3.88. The zero-order chi connectivity index (χ0) is 23.2. The average Bonchev–Trinajstić information content (AvgIpc) is 2.70. The summed E-state index contributed by atoms with van der Waals surface area (Å²) in [6.45, 7) is 1.85. The number of hydrogen-bond acceptors (Lipinski definition) is 7. The molecule has 0 fully saturated rings. The summed E-state index contributed by atoms with van der Waals surface area (Å²) >= 11 is 0. The maximum Gasteiger partial charge on any atom is 0.303 e. The number of sulfonamides is 1. The van der Waals surface area contributed by atoms with Crippen LogP contribution in [0.5, 0.6) is 17.2 Å². The Balaban J connectivity index is 2.29. The first kappa shape index (κ1) is 23.8. The minimum atomic E-state index is -4.08. The summed E-state index contributed by atoms with van der Waals surface area (Å²) in [5.41, 5.74) is 5.78. The van der Waals surface area contributed by atoms with Crippen LogP contribution in [0.1, 0.15) is 28.8 Å². The van der Waals surface area contributed by atoms with Gasteiger partial charge in [0.05, 0.1) is 37.0 Å². The van der Waals surface area contributed by atoms with Gasteiger partial charge in [-0.25, -0.2) is 8.42 Å². The quantitative estimate of drug-likeness (QED) is 0.438. The van der Waals surface area contributed by atoms with E-state index in [9.17, 15) is 18.0 Å². The van der Waals surface area contributed by atoms with Crippen LogP contribution in [0, 0.1) is 6.92 Å². The number of benzene rings is 2. The number of carbonyl (C=O) groups excluding carboxylic acids is 1. The van der Waals surface area contributed by atoms with Crippen LogP contribution in [0.15, 0.2) is 35.2 Å². The number of aliphatic carboxylic acids is 1. The molecule has 10 nitrogen and oxygen atoms in total. The average molecular weight is 452 g/mol. The molecule has 0 aliphatic rings. The van der Waals surface area contributed by atoms with E-state index in [4.69, 9.17) is 25.1 Å². The Labute approximate surface area is 180 Å². The molecule has 4 N–H and O–H groups in total. The highest BCUT2D eigenvalue weighted by atomic mass is 32.2. The van der Waals surface area contributed by atoms with Gasteiger partial charge in [-0.05, 0) is 43.2 Å². The summed E-state index contributed by atoms with van der Waals surface area (Å²) < 4.78 is 43.9. The van der Waals surface area contributed by atoms with E-state index < -0.39 is 21.9 Å². The number of nitrogens with two attached hydrogens (primary N) is 1. The first-order valence-electron chi connectivity index (χ1n) is 9.13. The number of amides is 1. The van der Waals surface area contributed by atoms with Gasteiger partial charge in [-0.15, -0.1) is 0 Å². The van der Waals surface area contributed by atoms with Crippen molar-refractivity contribution in [2.75, 3.05) is 25.5 Å². The van der Waals surface area contributed by atoms with Crippen LogP contribution >= 0.6 is 0 Å². The summed E-state index contributed by atoms with van der Waals surface area (Å²) in [5, 5.41) is 8.66. The Morgan fingerprint density at radius 3 is 2.26 bits per heavy atom. The molecule has 31 heavy (non-hydrogen) atoms. The van der Waals surface area contributed by atoms with E-state index in [0.717, 1.165) is 0 Å². The SMILES string of the molecule is COc1cc(NS(=O)(=O)c2ccc(OCCCC(=O)O)c(C)c2)c(C(N)=O)cc1OC. The lowest BCUT2D eigenvalue weighted by molar-refractivity contribution is -0.137. The van der Waals surface area contributed by atoms with Gasteiger partial charge in [-0.3, -0.25) is 14.3 Å². The highest BCUT2D eigenvalue weighted by Crippen LogP contribution is 2.34. The van der Waals surface area contributed by atoms with Gasteiger partial charge in [-0.2, -0.15) is 0 Å². The van der Waals surface area contributed by atoms with Crippen LogP contribution in [0.3, 0.4) is 0 Å². The number of primary amides is 1. The van der Waals surface area contributed by atoms with Crippen molar-refractivity contribution in [2.45, 2.75) is 24.7 Å². The van der Waals surface area contributed by atoms with Gasteiger partial charge < -0.3 is 25.1 Å². The molecule has 0 saturated carbocycles. The molecule has 2 aromatic rings. The highest BCUT2D eigenvalue weighted by molar-refractivity contribution is 7.92. The lowest BCUT2D eigenvalue weighted by Gasteiger charge is -2.16. The lowest BCUT2D eigenvalue weighted by Crippen LogP contribution is -2.19. The number of nitrogens with one attached hydrogen (secondary N) is 1. The zero-order valence-corrected chi connectivity index (χ0v) is 18.1. The lowest BCUT2D eigenvalue weighted by atomic mass is 10.1. The van der Waals surface area contributed by atoms with E-state index in [1.54, 1.807) is 6.92 Å². The van der Waals surface area contributed by atoms with E-state index in [-0.39, 0.29) is 40.7 Å². The molecule has 0 radical (unpaired) electrons. The number of aryl methyl sites for hydroxylation is 1. The van der Waals surface area contributed by atoms with Crippen molar-refractivity contribution in [1.29, 1.82) is 0 Å². The van der Waals surface area contributed by atoms with Gasteiger partial charge in [0, 0.05) is 12.5 Å². The molecule has 1 amide bonds. The van der Waals surface area contributed by atoms with Crippen LogP contribution in [0.25, 0.3) is 0 Å². The highest BCUT2D eigenvalue weighted by Gasteiger charge is 2.21. The van der Waals surface area contributed by atoms with Crippen molar-refractivity contribution >= 4 is 27.6 Å². The normalized spacial score (nSPS) is 10.9. The smallest absolute Gasteiger partial charge is 0.303 e. The second-order valence-corrected chi connectivity index (χ2v) is 8.18. The molecule has 0 aliphatic heterocycles. The standard InChI is InChI=1S/C20H24N2O8S/c1-12-9-13(6-7-16(12)30-8-4-5-19(23)24)31(26,27)22-15-11-18(29-3)17(28-2)10-14(15)20(21)25/h6-7,9-11,22H,4-5,8H2,1-3H3,(H2,21,25)(H,23,24). The Morgan fingerprint density at radius 1 is 1.06 bits per heavy atom. The molecule has 0 atom stereocenters. The third-order valence-corrected chi connectivity index (χ3v) is 5.65. The predicted octanol–water partition coefficient (Wildman–Crippen LogP) is 2.16. The summed E-state index contributed by atoms with van der Waals surface area (Å²) in [6.07, 6.45) is 0.300. The fourth-order valence-electron chi connectivity index (χ4n) is 2.73. The molecule has 168 valence electrons. The van der Waals surface area contributed by atoms with Gasteiger partial charge in [0.1, 0.15) is 5.75 Å². The Kier molecular flexibility index (Phi) is 7.70. The van der Waals surface area contributed by atoms with Gasteiger partial charge in [0.15, 0.2) is 11.5 Å². The van der Waals surface area contributed by atoms with Crippen molar-refractivity contribution in [2.24, 2.45) is 5.73 Å². The summed E-state index contributed by atoms with van der Waals surface area (Å²) in [7, 11) is -1.33. The Hall–Kier alpha value is -3.47. The van der Waals surface area contributed by atoms with Gasteiger partial charge in [0.2, 0.25) is 0 Å². The minimum Gasteiger partial charge on any atom is -0.493 e. The second kappa shape index (κ2) is 10.0. The molecule has 0 saturated heterocycles. The van der Waals surface area contributed by atoms with Gasteiger partial charge in [-0.1, -0.05) is 0 Å². The number of carbonyl (C=O) groups is 2. The van der Waals surface area contributed by atoms with Crippen LogP contribution in [0.2, 0.25) is 0 Å². The Bertz CT molecular complexity index is 1080. The zero-order valence-electron chi connectivity index (χ0n) is 17.3. The molecular weight excluding hydrogens is 428 g/mol. The topological polar surface area (TPSA) is 154 Å². The molecule has 0 aromatic heterocycles. The number of methoxy groups -OCH3 is 2. The van der Waals surface area contributed by atoms with Crippen LogP contribution in [0.4, 0.5) is 5.69 Å². The second-order valence-electron chi connectivity index (χ2n) is 6.50. The number of carboxylic acids is 1. The Morgan fingerprint density at radius 2 is 1.71 bits per heavy atom. The van der Waals surface area contributed by atoms with Crippen molar-refractivity contribution in [1.82, 2.24) is 0 Å². The maximum absolute atomic E-state index is 12.9. The molecule has 0 unspecified atom stereocenters. The number of carboxylic acid groups (broad SMARTS) is 1. The van der Waals surface area contributed by atoms with E-state index in [1.807, 2.05) is 0 Å². The van der Waals surface area contributed by atoms with Crippen LogP contribution < -0.4 is 24.7 Å². The van der Waals surface area contributed by atoms with Crippen molar-refractivity contribution in [3.8, 4) is 17.2 Å². The molecule has 0 heterocycles. The van der Waals surface area contributed by atoms with Crippen LogP contribution in [-0.4, -0.2) is 46.2 Å². The van der Waals surface area contributed by atoms with E-state index in [1.165, 1.54) is 44.6 Å².